The number of pyridine rings is 2. The minimum Gasteiger partial charge on any atom is 0 e. The van der Waals surface area contributed by atoms with Crippen LogP contribution in [0.3, 0.4) is 0 Å². The Kier molecular flexibility index (Phi) is 11.6. The van der Waals surface area contributed by atoms with E-state index in [4.69, 9.17) is 4.42 Å². The van der Waals surface area contributed by atoms with Crippen molar-refractivity contribution < 1.29 is 24.5 Å². The molecule has 0 aliphatic carbocycles. The van der Waals surface area contributed by atoms with Crippen LogP contribution in [-0.4, -0.2) is 23.2 Å². The molecule has 0 amide bonds. The third-order valence-corrected chi connectivity index (χ3v) is 13.4. The molecule has 53 heavy (non-hydrogen) atoms. The average Bonchev–Trinajstić information content (AvgIpc) is 3.53. The maximum absolute atomic E-state index is 6.37. The largest absolute Gasteiger partial charge is 0 e. The molecule has 8 aromatic rings. The molecule has 0 unspecified atom stereocenters. The smallest absolute Gasteiger partial charge is 0 e. The van der Waals surface area contributed by atoms with Crippen LogP contribution in [0.15, 0.2) is 150 Å². The zero-order valence-electron chi connectivity index (χ0n) is 31.2. The summed E-state index contributed by atoms with van der Waals surface area (Å²) in [6, 6.07) is 52.9. The molecule has 5 heteroatoms. The third-order valence-electron chi connectivity index (χ3n) is 9.18. The third kappa shape index (κ3) is 9.13. The van der Waals surface area contributed by atoms with Gasteiger partial charge in [-0.25, -0.2) is 0 Å². The summed E-state index contributed by atoms with van der Waals surface area (Å²) in [6.45, 7) is 6.76. The minimum absolute atomic E-state index is 0. The molecule has 0 fully saturated rings. The molecule has 3 heterocycles. The second-order valence-electron chi connectivity index (χ2n) is 15.6. The van der Waals surface area contributed by atoms with Gasteiger partial charge in [-0.3, -0.25) is 0 Å². The van der Waals surface area contributed by atoms with Gasteiger partial charge in [-0.15, -0.1) is 18.2 Å². The van der Waals surface area contributed by atoms with Gasteiger partial charge in [0, 0.05) is 31.7 Å². The van der Waals surface area contributed by atoms with Crippen molar-refractivity contribution in [2.24, 2.45) is 5.41 Å². The van der Waals surface area contributed by atoms with Crippen LogP contribution in [0, 0.1) is 17.5 Å². The van der Waals surface area contributed by atoms with Crippen LogP contribution in [0.5, 0.6) is 0 Å². The summed E-state index contributed by atoms with van der Waals surface area (Å²) in [5.74, 6) is 7.16. The van der Waals surface area contributed by atoms with E-state index in [0.717, 1.165) is 56.4 Å². The molecule has 0 saturated carbocycles. The van der Waals surface area contributed by atoms with Crippen LogP contribution < -0.4 is 4.40 Å². The monoisotopic (exact) mass is 931 g/mol. The molecule has 3 nitrogen and oxygen atoms in total. The Morgan fingerprint density at radius 3 is 1.96 bits per heavy atom. The molecule has 0 spiro atoms. The number of nitrogens with zero attached hydrogens (tertiary/aromatic N) is 2. The van der Waals surface area contributed by atoms with E-state index in [9.17, 15) is 0 Å². The van der Waals surface area contributed by atoms with Gasteiger partial charge in [0.25, 0.3) is 0 Å². The van der Waals surface area contributed by atoms with Gasteiger partial charge in [0.2, 0.25) is 0 Å². The van der Waals surface area contributed by atoms with E-state index in [-0.39, 0.29) is 25.5 Å². The van der Waals surface area contributed by atoms with Gasteiger partial charge in [0.15, 0.2) is 0 Å². The first-order valence-electron chi connectivity index (χ1n) is 17.9. The van der Waals surface area contributed by atoms with Gasteiger partial charge in [0.05, 0.1) is 5.58 Å². The van der Waals surface area contributed by atoms with Gasteiger partial charge in [-0.05, 0) is 40.8 Å². The molecule has 0 aliphatic heterocycles. The van der Waals surface area contributed by atoms with Gasteiger partial charge < -0.3 is 9.40 Å². The second kappa shape index (κ2) is 16.2. The van der Waals surface area contributed by atoms with Crippen molar-refractivity contribution in [1.29, 1.82) is 0 Å². The fourth-order valence-electron chi connectivity index (χ4n) is 6.47. The number of fused-ring (bicyclic) bond motifs is 3. The van der Waals surface area contributed by atoms with Gasteiger partial charge >= 0.3 is 135 Å². The summed E-state index contributed by atoms with van der Waals surface area (Å²) in [5.41, 5.74) is 11.8. The maximum atomic E-state index is 6.37. The average molecular weight is 930 g/mol. The number of hydrogen-bond acceptors (Lipinski definition) is 3. The summed E-state index contributed by atoms with van der Waals surface area (Å²) in [4.78, 5) is 9.27. The molecule has 0 N–H and O–H groups in total. The minimum atomic E-state index is -1.78. The maximum Gasteiger partial charge on any atom is 0 e. The molecule has 8 rings (SSSR count). The SMILES string of the molecule is CC(C)(C)Cc1ccnc(-c2[c-]ccc3c2oc2cc(-c4ccccc4)ccc23)c1.[CH3][Ge]([CH3])([CH3])[c]1ccc(-c2[c-]cc(-c3ccccc3)cc2)nc1.[Ir]. The van der Waals surface area contributed by atoms with Crippen molar-refractivity contribution in [2.75, 3.05) is 0 Å². The quantitative estimate of drug-likeness (QED) is 0.123. The Labute approximate surface area is 330 Å². The number of benzene rings is 5. The number of aromatic nitrogens is 2. The van der Waals surface area contributed by atoms with Crippen molar-refractivity contribution in [1.82, 2.24) is 9.97 Å². The van der Waals surface area contributed by atoms with Crippen molar-refractivity contribution >= 4 is 39.6 Å². The Balaban J connectivity index is 0.000000187. The number of hydrogen-bond donors (Lipinski definition) is 0. The second-order valence-corrected chi connectivity index (χ2v) is 26.3. The predicted molar refractivity (Wildman–Crippen MR) is 221 cm³/mol. The molecule has 3 aromatic heterocycles. The van der Waals surface area contributed by atoms with E-state index in [1.54, 1.807) is 0 Å². The number of furan rings is 1. The summed E-state index contributed by atoms with van der Waals surface area (Å²) < 4.78 is 7.80. The van der Waals surface area contributed by atoms with Crippen molar-refractivity contribution in [2.45, 2.75) is 44.5 Å². The van der Waals surface area contributed by atoms with Crippen LogP contribution in [0.2, 0.25) is 17.3 Å². The molecule has 0 saturated heterocycles. The van der Waals surface area contributed by atoms with Crippen LogP contribution in [0.4, 0.5) is 0 Å². The fourth-order valence-corrected chi connectivity index (χ4v) is 8.64. The Morgan fingerprint density at radius 2 is 1.34 bits per heavy atom. The number of rotatable bonds is 6. The fraction of sp³-hybridized carbons (Fsp3) is 0.167. The van der Waals surface area contributed by atoms with Gasteiger partial charge in [-0.1, -0.05) is 85.8 Å². The molecular formula is C48H44GeIrN2O-2. The molecule has 5 aromatic carbocycles. The molecule has 0 aliphatic rings. The zero-order valence-corrected chi connectivity index (χ0v) is 35.7. The molecule has 1 radical (unpaired) electrons. The molecule has 0 atom stereocenters. The Hall–Kier alpha value is -4.61. The molecule has 0 bridgehead atoms. The van der Waals surface area contributed by atoms with Crippen LogP contribution in [-0.2, 0) is 26.5 Å². The van der Waals surface area contributed by atoms with E-state index in [1.807, 2.05) is 36.7 Å². The van der Waals surface area contributed by atoms with E-state index in [2.05, 4.69) is 169 Å². The zero-order chi connectivity index (χ0) is 36.3. The Bertz CT molecular complexity index is 2420. The summed E-state index contributed by atoms with van der Waals surface area (Å²) in [5, 5.41) is 2.21. The first-order valence-corrected chi connectivity index (χ1v) is 25.3. The topological polar surface area (TPSA) is 38.9 Å². The summed E-state index contributed by atoms with van der Waals surface area (Å²) >= 11 is -1.78. The molecule has 267 valence electrons. The van der Waals surface area contributed by atoms with Crippen molar-refractivity contribution in [3.05, 3.63) is 164 Å². The van der Waals surface area contributed by atoms with Gasteiger partial charge in [-0.2, -0.15) is 0 Å². The predicted octanol–water partition coefficient (Wildman–Crippen LogP) is 12.5. The van der Waals surface area contributed by atoms with E-state index >= 15 is 0 Å². The normalized spacial score (nSPS) is 11.5. The van der Waals surface area contributed by atoms with Crippen LogP contribution >= 0.6 is 0 Å². The van der Waals surface area contributed by atoms with Crippen molar-refractivity contribution in [3.63, 3.8) is 0 Å². The van der Waals surface area contributed by atoms with E-state index in [0.29, 0.717) is 0 Å². The van der Waals surface area contributed by atoms with Crippen molar-refractivity contribution in [3.8, 4) is 44.8 Å². The van der Waals surface area contributed by atoms with Crippen LogP contribution in [0.25, 0.3) is 66.7 Å². The van der Waals surface area contributed by atoms with Crippen LogP contribution in [0.1, 0.15) is 26.3 Å². The van der Waals surface area contributed by atoms with E-state index < -0.39 is 13.3 Å². The molecular weight excluding hydrogens is 885 g/mol. The first-order chi connectivity index (χ1) is 25.0. The van der Waals surface area contributed by atoms with Gasteiger partial charge in [0.1, 0.15) is 5.58 Å². The van der Waals surface area contributed by atoms with E-state index in [1.165, 1.54) is 26.6 Å². The summed E-state index contributed by atoms with van der Waals surface area (Å²) in [7, 11) is 0. The Morgan fingerprint density at radius 1 is 0.642 bits per heavy atom. The summed E-state index contributed by atoms with van der Waals surface area (Å²) in [6.07, 6.45) is 4.94. The standard InChI is InChI=1S/C28H24NO.C20H20GeN.Ir/c1-28(2,3)18-19-14-15-29-25(16-19)24-11-7-10-23-22-13-12-21(17-26(22)30-27(23)24)20-8-5-4-6-9-20;1-21(2,3)19-13-14-20(22-15-19)18-11-9-17(10-12-18)16-7-5-4-6-8-16;/h4-10,12-17H,18H2,1-3H3;4-11,13-15H,1-3H3;/q2*-1;. The first kappa shape index (κ1) is 38.1.